The van der Waals surface area contributed by atoms with Gasteiger partial charge in [0.15, 0.2) is 0 Å². The molecule has 0 aromatic carbocycles. The SMILES string of the molecule is CCCNC1CC2CCCC(C1)N2C1CCCNC1=O. The van der Waals surface area contributed by atoms with Gasteiger partial charge in [0, 0.05) is 24.7 Å². The monoisotopic (exact) mass is 279 g/mol. The van der Waals surface area contributed by atoms with Crippen LogP contribution >= 0.6 is 0 Å². The number of nitrogens with zero attached hydrogens (tertiary/aromatic N) is 1. The van der Waals surface area contributed by atoms with E-state index < -0.39 is 0 Å². The van der Waals surface area contributed by atoms with Gasteiger partial charge in [-0.15, -0.1) is 0 Å². The summed E-state index contributed by atoms with van der Waals surface area (Å²) in [7, 11) is 0. The van der Waals surface area contributed by atoms with Gasteiger partial charge >= 0.3 is 0 Å². The largest absolute Gasteiger partial charge is 0.355 e. The molecule has 3 saturated heterocycles. The standard InChI is InChI=1S/C16H29N3O/c1-2-8-17-12-10-13-5-3-6-14(11-12)19(13)15-7-4-9-18-16(15)20/h12-15,17H,2-11H2,1H3,(H,18,20). The van der Waals surface area contributed by atoms with E-state index in [0.29, 0.717) is 18.1 Å². The zero-order chi connectivity index (χ0) is 13.9. The Morgan fingerprint density at radius 1 is 1.20 bits per heavy atom. The lowest BCUT2D eigenvalue weighted by Gasteiger charge is -2.52. The lowest BCUT2D eigenvalue weighted by Crippen LogP contribution is -2.63. The molecular formula is C16H29N3O. The van der Waals surface area contributed by atoms with Crippen LogP contribution in [0.3, 0.4) is 0 Å². The normalized spacial score (nSPS) is 38.5. The van der Waals surface area contributed by atoms with Gasteiger partial charge in [-0.1, -0.05) is 13.3 Å². The molecular weight excluding hydrogens is 250 g/mol. The molecule has 114 valence electrons. The first kappa shape index (κ1) is 14.3. The first-order chi connectivity index (χ1) is 9.79. The van der Waals surface area contributed by atoms with E-state index in [1.54, 1.807) is 0 Å². The van der Waals surface area contributed by atoms with E-state index >= 15 is 0 Å². The minimum atomic E-state index is 0.158. The minimum absolute atomic E-state index is 0.158. The van der Waals surface area contributed by atoms with E-state index in [2.05, 4.69) is 22.5 Å². The Bertz CT molecular complexity index is 333. The summed E-state index contributed by atoms with van der Waals surface area (Å²) >= 11 is 0. The maximum Gasteiger partial charge on any atom is 0.237 e. The highest BCUT2D eigenvalue weighted by atomic mass is 16.2. The van der Waals surface area contributed by atoms with Crippen molar-refractivity contribution in [2.45, 2.75) is 82.5 Å². The third kappa shape index (κ3) is 2.86. The van der Waals surface area contributed by atoms with E-state index in [1.807, 2.05) is 0 Å². The van der Waals surface area contributed by atoms with Crippen molar-refractivity contribution in [1.82, 2.24) is 15.5 Å². The number of piperidine rings is 3. The third-order valence-corrected chi connectivity index (χ3v) is 5.33. The number of hydrogen-bond acceptors (Lipinski definition) is 3. The van der Waals surface area contributed by atoms with Crippen LogP contribution in [-0.4, -0.2) is 48.1 Å². The number of amides is 1. The lowest BCUT2D eigenvalue weighted by atomic mass is 9.79. The van der Waals surface area contributed by atoms with Gasteiger partial charge in [0.05, 0.1) is 6.04 Å². The molecule has 3 unspecified atom stereocenters. The van der Waals surface area contributed by atoms with E-state index in [1.165, 1.54) is 38.5 Å². The first-order valence-electron chi connectivity index (χ1n) is 8.58. The predicted octanol–water partition coefficient (Wildman–Crippen LogP) is 1.65. The van der Waals surface area contributed by atoms with Gasteiger partial charge in [-0.3, -0.25) is 9.69 Å². The van der Waals surface area contributed by atoms with Crippen molar-refractivity contribution in [3.63, 3.8) is 0 Å². The summed E-state index contributed by atoms with van der Waals surface area (Å²) in [5.41, 5.74) is 0. The smallest absolute Gasteiger partial charge is 0.237 e. The molecule has 3 aliphatic heterocycles. The van der Waals surface area contributed by atoms with Gasteiger partial charge in [-0.2, -0.15) is 0 Å². The molecule has 1 amide bonds. The average Bonchev–Trinajstić information content (AvgIpc) is 2.45. The predicted molar refractivity (Wildman–Crippen MR) is 80.6 cm³/mol. The molecule has 3 atom stereocenters. The van der Waals surface area contributed by atoms with Gasteiger partial charge in [-0.05, 0) is 51.5 Å². The van der Waals surface area contributed by atoms with Crippen LogP contribution in [0.5, 0.6) is 0 Å². The summed E-state index contributed by atoms with van der Waals surface area (Å²) in [5.74, 6) is 0.285. The summed E-state index contributed by atoms with van der Waals surface area (Å²) < 4.78 is 0. The fourth-order valence-corrected chi connectivity index (χ4v) is 4.48. The molecule has 0 aliphatic carbocycles. The summed E-state index contributed by atoms with van der Waals surface area (Å²) in [4.78, 5) is 14.8. The molecule has 3 fully saturated rings. The van der Waals surface area contributed by atoms with Crippen LogP contribution in [0, 0.1) is 0 Å². The summed E-state index contributed by atoms with van der Waals surface area (Å²) in [5, 5.41) is 6.78. The molecule has 0 aromatic rings. The van der Waals surface area contributed by atoms with E-state index in [-0.39, 0.29) is 11.9 Å². The van der Waals surface area contributed by atoms with Crippen LogP contribution < -0.4 is 10.6 Å². The second kappa shape index (κ2) is 6.44. The Morgan fingerprint density at radius 2 is 1.95 bits per heavy atom. The molecule has 2 N–H and O–H groups in total. The maximum atomic E-state index is 12.2. The second-order valence-electron chi connectivity index (χ2n) is 6.76. The van der Waals surface area contributed by atoms with Crippen molar-refractivity contribution in [2.75, 3.05) is 13.1 Å². The van der Waals surface area contributed by atoms with Gasteiger partial charge in [0.25, 0.3) is 0 Å². The molecule has 3 aliphatic rings. The summed E-state index contributed by atoms with van der Waals surface area (Å²) in [6, 6.07) is 2.09. The Morgan fingerprint density at radius 3 is 2.60 bits per heavy atom. The number of hydrogen-bond donors (Lipinski definition) is 2. The number of nitrogens with one attached hydrogen (secondary N) is 2. The molecule has 2 bridgehead atoms. The van der Waals surface area contributed by atoms with Gasteiger partial charge in [0.1, 0.15) is 0 Å². The molecule has 4 heteroatoms. The molecule has 3 rings (SSSR count). The molecule has 3 heterocycles. The highest BCUT2D eigenvalue weighted by Crippen LogP contribution is 2.37. The van der Waals surface area contributed by atoms with Crippen molar-refractivity contribution in [3.05, 3.63) is 0 Å². The molecule has 0 saturated carbocycles. The molecule has 0 spiro atoms. The number of carbonyl (C=O) groups excluding carboxylic acids is 1. The van der Waals surface area contributed by atoms with Crippen LogP contribution in [-0.2, 0) is 4.79 Å². The van der Waals surface area contributed by atoms with Gasteiger partial charge < -0.3 is 10.6 Å². The number of fused-ring (bicyclic) bond motifs is 2. The Labute approximate surface area is 122 Å². The number of carbonyl (C=O) groups is 1. The van der Waals surface area contributed by atoms with Crippen LogP contribution in [0.25, 0.3) is 0 Å². The van der Waals surface area contributed by atoms with Crippen molar-refractivity contribution < 1.29 is 4.79 Å². The van der Waals surface area contributed by atoms with Gasteiger partial charge in [-0.25, -0.2) is 0 Å². The van der Waals surface area contributed by atoms with E-state index in [4.69, 9.17) is 0 Å². The highest BCUT2D eigenvalue weighted by Gasteiger charge is 2.43. The van der Waals surface area contributed by atoms with Crippen LogP contribution in [0.15, 0.2) is 0 Å². The van der Waals surface area contributed by atoms with Gasteiger partial charge in [0.2, 0.25) is 5.91 Å². The maximum absolute atomic E-state index is 12.2. The Kier molecular flexibility index (Phi) is 4.61. The molecule has 20 heavy (non-hydrogen) atoms. The Hall–Kier alpha value is -0.610. The zero-order valence-corrected chi connectivity index (χ0v) is 12.7. The van der Waals surface area contributed by atoms with Crippen LogP contribution in [0.1, 0.15) is 58.3 Å². The molecule has 4 nitrogen and oxygen atoms in total. The summed E-state index contributed by atoms with van der Waals surface area (Å²) in [6.07, 6.45) is 9.80. The second-order valence-corrected chi connectivity index (χ2v) is 6.76. The third-order valence-electron chi connectivity index (χ3n) is 5.33. The zero-order valence-electron chi connectivity index (χ0n) is 12.7. The topological polar surface area (TPSA) is 44.4 Å². The average molecular weight is 279 g/mol. The molecule has 0 aromatic heterocycles. The van der Waals surface area contributed by atoms with Crippen molar-refractivity contribution >= 4 is 5.91 Å². The number of rotatable bonds is 4. The fourth-order valence-electron chi connectivity index (χ4n) is 4.48. The highest BCUT2D eigenvalue weighted by molar-refractivity contribution is 5.82. The van der Waals surface area contributed by atoms with Crippen molar-refractivity contribution in [3.8, 4) is 0 Å². The van der Waals surface area contributed by atoms with Crippen LogP contribution in [0.2, 0.25) is 0 Å². The Balaban J connectivity index is 1.68. The minimum Gasteiger partial charge on any atom is -0.355 e. The van der Waals surface area contributed by atoms with Crippen molar-refractivity contribution in [1.29, 1.82) is 0 Å². The first-order valence-corrected chi connectivity index (χ1v) is 8.58. The van der Waals surface area contributed by atoms with E-state index in [0.717, 1.165) is 25.9 Å². The van der Waals surface area contributed by atoms with Crippen LogP contribution in [0.4, 0.5) is 0 Å². The quantitative estimate of drug-likeness (QED) is 0.822. The molecule has 0 radical (unpaired) electrons. The lowest BCUT2D eigenvalue weighted by molar-refractivity contribution is -0.134. The fraction of sp³-hybridized carbons (Fsp3) is 0.938. The van der Waals surface area contributed by atoms with Crippen molar-refractivity contribution in [2.24, 2.45) is 0 Å². The summed E-state index contributed by atoms with van der Waals surface area (Å²) in [6.45, 7) is 4.24. The van der Waals surface area contributed by atoms with E-state index in [9.17, 15) is 4.79 Å².